The van der Waals surface area contributed by atoms with Crippen LogP contribution in [0.15, 0.2) is 24.3 Å². The van der Waals surface area contributed by atoms with E-state index in [9.17, 15) is 9.59 Å². The second-order valence-electron chi connectivity index (χ2n) is 4.99. The summed E-state index contributed by atoms with van der Waals surface area (Å²) in [6, 6.07) is 7.48. The normalized spacial score (nSPS) is 11.8. The van der Waals surface area contributed by atoms with Crippen LogP contribution < -0.4 is 4.74 Å². The molecule has 5 nitrogen and oxygen atoms in total. The molecule has 0 heterocycles. The molecule has 0 aromatic heterocycles. The maximum atomic E-state index is 12.5. The predicted octanol–water partition coefficient (Wildman–Crippen LogP) is 2.51. The maximum absolute atomic E-state index is 12.5. The Labute approximate surface area is 125 Å². The first-order valence-corrected chi connectivity index (χ1v) is 7.10. The second-order valence-corrected chi connectivity index (χ2v) is 4.99. The van der Waals surface area contributed by atoms with Gasteiger partial charge in [-0.15, -0.1) is 0 Å². The van der Waals surface area contributed by atoms with Gasteiger partial charge in [0.15, 0.2) is 0 Å². The highest BCUT2D eigenvalue weighted by Crippen LogP contribution is 2.24. The number of carboxylic acid groups (broad SMARTS) is 1. The van der Waals surface area contributed by atoms with Crippen LogP contribution in [0.1, 0.15) is 37.7 Å². The Balaban J connectivity index is 2.68. The van der Waals surface area contributed by atoms with Gasteiger partial charge in [0.05, 0.1) is 13.0 Å². The molecule has 1 atom stereocenters. The van der Waals surface area contributed by atoms with Crippen LogP contribution in [-0.2, 0) is 9.59 Å². The van der Waals surface area contributed by atoms with E-state index in [0.29, 0.717) is 19.4 Å². The van der Waals surface area contributed by atoms with Gasteiger partial charge in [0.2, 0.25) is 5.91 Å². The van der Waals surface area contributed by atoms with E-state index < -0.39 is 5.97 Å². The third-order valence-corrected chi connectivity index (χ3v) is 3.48. The summed E-state index contributed by atoms with van der Waals surface area (Å²) in [6.45, 7) is 2.43. The summed E-state index contributed by atoms with van der Waals surface area (Å²) in [7, 11) is 3.32. The topological polar surface area (TPSA) is 66.8 Å². The highest BCUT2D eigenvalue weighted by atomic mass is 16.5. The minimum Gasteiger partial charge on any atom is -0.497 e. The fourth-order valence-corrected chi connectivity index (χ4v) is 2.23. The second kappa shape index (κ2) is 8.29. The Kier molecular flexibility index (Phi) is 6.72. The zero-order valence-corrected chi connectivity index (χ0v) is 12.8. The lowest BCUT2D eigenvalue weighted by Crippen LogP contribution is -2.32. The molecule has 0 saturated heterocycles. The Morgan fingerprint density at radius 2 is 1.90 bits per heavy atom. The Morgan fingerprint density at radius 3 is 2.38 bits per heavy atom. The summed E-state index contributed by atoms with van der Waals surface area (Å²) >= 11 is 0. The van der Waals surface area contributed by atoms with Gasteiger partial charge < -0.3 is 14.7 Å². The van der Waals surface area contributed by atoms with Crippen molar-refractivity contribution < 1.29 is 19.4 Å². The number of carbonyl (C=O) groups excluding carboxylic acids is 1. The first-order valence-electron chi connectivity index (χ1n) is 7.10. The highest BCUT2D eigenvalue weighted by molar-refractivity contribution is 5.83. The lowest BCUT2D eigenvalue weighted by atomic mass is 9.95. The molecule has 1 aromatic carbocycles. The van der Waals surface area contributed by atoms with E-state index in [-0.39, 0.29) is 18.2 Å². The molecule has 1 N–H and O–H groups in total. The quantitative estimate of drug-likeness (QED) is 0.799. The molecule has 0 radical (unpaired) electrons. The molecule has 0 saturated carbocycles. The number of carboxylic acids is 1. The molecule has 0 aliphatic heterocycles. The van der Waals surface area contributed by atoms with E-state index in [1.165, 1.54) is 0 Å². The molecule has 116 valence electrons. The van der Waals surface area contributed by atoms with Gasteiger partial charge in [0.1, 0.15) is 5.75 Å². The van der Waals surface area contributed by atoms with Gasteiger partial charge in [-0.05, 0) is 30.5 Å². The third-order valence-electron chi connectivity index (χ3n) is 3.48. The van der Waals surface area contributed by atoms with Crippen LogP contribution in [0.2, 0.25) is 0 Å². The third kappa shape index (κ3) is 5.10. The fraction of sp³-hybridized carbons (Fsp3) is 0.500. The molecule has 5 heteroatoms. The number of hydrogen-bond donors (Lipinski definition) is 1. The largest absolute Gasteiger partial charge is 0.497 e. The fourth-order valence-electron chi connectivity index (χ4n) is 2.23. The monoisotopic (exact) mass is 293 g/mol. The summed E-state index contributed by atoms with van der Waals surface area (Å²) in [5.74, 6) is -0.257. The van der Waals surface area contributed by atoms with Gasteiger partial charge in [-0.25, -0.2) is 0 Å². The predicted molar refractivity (Wildman–Crippen MR) is 80.5 cm³/mol. The summed E-state index contributed by atoms with van der Waals surface area (Å²) in [5, 5.41) is 8.63. The lowest BCUT2D eigenvalue weighted by Gasteiger charge is -2.23. The molecular weight excluding hydrogens is 270 g/mol. The summed E-state index contributed by atoms with van der Waals surface area (Å²) in [4.78, 5) is 24.6. The molecule has 1 unspecified atom stereocenters. The van der Waals surface area contributed by atoms with Gasteiger partial charge in [-0.2, -0.15) is 0 Å². The maximum Gasteiger partial charge on any atom is 0.303 e. The van der Waals surface area contributed by atoms with Crippen LogP contribution in [-0.4, -0.2) is 42.6 Å². The van der Waals surface area contributed by atoms with Crippen molar-refractivity contribution in [2.75, 3.05) is 20.7 Å². The van der Waals surface area contributed by atoms with Crippen LogP contribution in [0.4, 0.5) is 0 Å². The summed E-state index contributed by atoms with van der Waals surface area (Å²) < 4.78 is 5.12. The SMILES string of the molecule is CCC(C(=O)N(C)CCCC(=O)O)c1ccc(OC)cc1. The molecule has 1 aromatic rings. The van der Waals surface area contributed by atoms with E-state index in [2.05, 4.69) is 0 Å². The Morgan fingerprint density at radius 1 is 1.29 bits per heavy atom. The summed E-state index contributed by atoms with van der Waals surface area (Å²) in [5.41, 5.74) is 0.952. The standard InChI is InChI=1S/C16H23NO4/c1-4-14(12-7-9-13(21-3)10-8-12)16(20)17(2)11-5-6-15(18)19/h7-10,14H,4-6,11H2,1-3H3,(H,18,19). The lowest BCUT2D eigenvalue weighted by molar-refractivity contribution is -0.138. The smallest absolute Gasteiger partial charge is 0.303 e. The molecule has 1 amide bonds. The van der Waals surface area contributed by atoms with Gasteiger partial charge in [0.25, 0.3) is 0 Å². The van der Waals surface area contributed by atoms with Crippen LogP contribution >= 0.6 is 0 Å². The number of likely N-dealkylation sites (N-methyl/N-ethyl adjacent to an activating group) is 1. The molecule has 0 aliphatic rings. The average Bonchev–Trinajstić information content (AvgIpc) is 2.48. The molecule has 0 fully saturated rings. The van der Waals surface area contributed by atoms with Gasteiger partial charge in [-0.1, -0.05) is 19.1 Å². The van der Waals surface area contributed by atoms with Crippen molar-refractivity contribution in [2.24, 2.45) is 0 Å². The first-order chi connectivity index (χ1) is 9.99. The van der Waals surface area contributed by atoms with Crippen molar-refractivity contribution in [3.05, 3.63) is 29.8 Å². The minimum atomic E-state index is -0.835. The van der Waals surface area contributed by atoms with Crippen molar-refractivity contribution in [3.8, 4) is 5.75 Å². The van der Waals surface area contributed by atoms with Crippen LogP contribution in [0.3, 0.4) is 0 Å². The van der Waals surface area contributed by atoms with E-state index in [0.717, 1.165) is 11.3 Å². The van der Waals surface area contributed by atoms with Crippen molar-refractivity contribution in [1.82, 2.24) is 4.90 Å². The minimum absolute atomic E-state index is 0.0213. The number of rotatable bonds is 8. The van der Waals surface area contributed by atoms with Crippen LogP contribution in [0.25, 0.3) is 0 Å². The molecule has 1 rings (SSSR count). The molecule has 0 bridgehead atoms. The number of hydrogen-bond acceptors (Lipinski definition) is 3. The zero-order valence-electron chi connectivity index (χ0n) is 12.8. The number of amides is 1. The number of aliphatic carboxylic acids is 1. The Hall–Kier alpha value is -2.04. The number of nitrogens with zero attached hydrogens (tertiary/aromatic N) is 1. The average molecular weight is 293 g/mol. The van der Waals surface area contributed by atoms with Crippen LogP contribution in [0.5, 0.6) is 5.75 Å². The molecule has 21 heavy (non-hydrogen) atoms. The molecule has 0 spiro atoms. The van der Waals surface area contributed by atoms with E-state index in [1.807, 2.05) is 31.2 Å². The molecular formula is C16H23NO4. The number of carbonyl (C=O) groups is 2. The zero-order chi connectivity index (χ0) is 15.8. The first kappa shape index (κ1) is 17.0. The van der Waals surface area contributed by atoms with E-state index >= 15 is 0 Å². The number of ether oxygens (including phenoxy) is 1. The molecule has 0 aliphatic carbocycles. The van der Waals surface area contributed by atoms with Crippen molar-refractivity contribution in [1.29, 1.82) is 0 Å². The van der Waals surface area contributed by atoms with Crippen molar-refractivity contribution >= 4 is 11.9 Å². The van der Waals surface area contributed by atoms with Crippen LogP contribution in [0, 0.1) is 0 Å². The highest BCUT2D eigenvalue weighted by Gasteiger charge is 2.22. The van der Waals surface area contributed by atoms with Gasteiger partial charge in [-0.3, -0.25) is 9.59 Å². The van der Waals surface area contributed by atoms with E-state index in [4.69, 9.17) is 9.84 Å². The number of methoxy groups -OCH3 is 1. The van der Waals surface area contributed by atoms with Crippen molar-refractivity contribution in [2.45, 2.75) is 32.1 Å². The van der Waals surface area contributed by atoms with Gasteiger partial charge in [0, 0.05) is 20.0 Å². The van der Waals surface area contributed by atoms with Gasteiger partial charge >= 0.3 is 5.97 Å². The summed E-state index contributed by atoms with van der Waals surface area (Å²) in [6.07, 6.45) is 1.25. The Bertz CT molecular complexity index is 470. The number of benzene rings is 1. The van der Waals surface area contributed by atoms with Crippen molar-refractivity contribution in [3.63, 3.8) is 0 Å². The van der Waals surface area contributed by atoms with E-state index in [1.54, 1.807) is 19.1 Å².